The van der Waals surface area contributed by atoms with Gasteiger partial charge in [0.15, 0.2) is 0 Å². The molecule has 0 saturated heterocycles. The van der Waals surface area contributed by atoms with Crippen LogP contribution in [0.5, 0.6) is 0 Å². The summed E-state index contributed by atoms with van der Waals surface area (Å²) in [6.45, 7) is -1.26. The Morgan fingerprint density at radius 3 is 1.37 bits per heavy atom. The van der Waals surface area contributed by atoms with Crippen LogP contribution in [0.25, 0.3) is 22.8 Å². The quantitative estimate of drug-likeness (QED) is 0.0239. The molecule has 3 atom stereocenters. The molecule has 9 amide bonds. The van der Waals surface area contributed by atoms with Crippen LogP contribution in [0.3, 0.4) is 0 Å². The Labute approximate surface area is 440 Å². The fourth-order valence-electron chi connectivity index (χ4n) is 6.46. The van der Waals surface area contributed by atoms with Crippen LogP contribution in [0.2, 0.25) is 0 Å². The lowest BCUT2D eigenvalue weighted by Crippen LogP contribution is -2.55. The van der Waals surface area contributed by atoms with Gasteiger partial charge in [0.25, 0.3) is 0 Å². The fourth-order valence-corrected chi connectivity index (χ4v) is 6.46. The molecule has 0 aliphatic carbocycles. The van der Waals surface area contributed by atoms with Crippen molar-refractivity contribution < 1.29 is 82.8 Å². The summed E-state index contributed by atoms with van der Waals surface area (Å²) >= 11 is 0. The third-order valence-electron chi connectivity index (χ3n) is 10.3. The van der Waals surface area contributed by atoms with Crippen molar-refractivity contribution in [2.24, 2.45) is 0 Å². The number of pyridine rings is 1. The van der Waals surface area contributed by atoms with Gasteiger partial charge in [0.1, 0.15) is 29.8 Å². The van der Waals surface area contributed by atoms with Crippen LogP contribution >= 0.6 is 0 Å². The summed E-state index contributed by atoms with van der Waals surface area (Å²) in [4.78, 5) is 179. The Hall–Kier alpha value is -10.4. The number of aromatic carboxylic acids is 1. The van der Waals surface area contributed by atoms with Crippen molar-refractivity contribution in [1.82, 2.24) is 72.8 Å². The van der Waals surface area contributed by atoms with Gasteiger partial charge in [-0.15, -0.1) is 0 Å². The Morgan fingerprint density at radius 2 is 0.872 bits per heavy atom. The average Bonchev–Trinajstić information content (AvgIpc) is 3.40. The molecule has 0 aliphatic heterocycles. The maximum atomic E-state index is 13.1. The van der Waals surface area contributed by atoms with E-state index in [0.29, 0.717) is 28.3 Å². The van der Waals surface area contributed by atoms with E-state index < -0.39 is 140 Å². The number of nitrogens with zero attached hydrogens (tertiary/aromatic N) is 5. The molecule has 0 radical (unpaired) electrons. The lowest BCUT2D eigenvalue weighted by atomic mass is 10.1. The average molecular weight is 1090 g/mol. The third kappa shape index (κ3) is 21.6. The molecule has 0 fully saturated rings. The minimum Gasteiger partial charge on any atom is -0.481 e. The molecule has 4 rings (SSSR count). The standard InChI is InChI=1S/C47H52N14O17/c1-24(62)50-22-39(66)59-31(15-41(68)69)44(74)55-21-38(65)52-20-35-49-14-12-30(58-35)28-4-2-3-27(56-28)29-11-13-48-34(57-29)19-51-36(63)9-10-37(64)53-23-40(67)60-33(17-43(72)73)46(76)61-32(16-42(70)71)45(75)54-18-25-5-7-26(8-6-25)47(77)78/h2-8,11-14,31-33H,9-10,15-23H2,1H3,(H,50,62)(H,51,63)(H,52,65)(H,53,64)(H,54,75)(H,55,74)(H,59,66)(H,60,67)(H,61,76)(H,68,69)(H,70,71)(H,72,73)(H,77,78)/t31-,32-,33-/m0/s1. The number of aliphatic carboxylic acids is 3. The smallest absolute Gasteiger partial charge is 0.335 e. The molecule has 412 valence electrons. The van der Waals surface area contributed by atoms with Gasteiger partial charge in [0.05, 0.1) is 80.3 Å². The van der Waals surface area contributed by atoms with Gasteiger partial charge in [-0.3, -0.25) is 57.5 Å². The molecular formula is C47H52N14O17. The monoisotopic (exact) mass is 1080 g/mol. The zero-order chi connectivity index (χ0) is 57.3. The molecule has 3 aromatic heterocycles. The van der Waals surface area contributed by atoms with E-state index >= 15 is 0 Å². The van der Waals surface area contributed by atoms with E-state index in [-0.39, 0.29) is 43.3 Å². The summed E-state index contributed by atoms with van der Waals surface area (Å²) in [6.07, 6.45) is -0.656. The number of nitrogens with one attached hydrogen (secondary N) is 9. The predicted molar refractivity (Wildman–Crippen MR) is 262 cm³/mol. The van der Waals surface area contributed by atoms with Gasteiger partial charge < -0.3 is 68.3 Å². The molecule has 3 heterocycles. The normalized spacial score (nSPS) is 11.7. The predicted octanol–water partition coefficient (Wildman–Crippen LogP) is -3.73. The van der Waals surface area contributed by atoms with Crippen LogP contribution in [-0.4, -0.2) is 160 Å². The Morgan fingerprint density at radius 1 is 0.436 bits per heavy atom. The Balaban J connectivity index is 1.23. The van der Waals surface area contributed by atoms with E-state index in [1.165, 1.54) is 36.7 Å². The topological polar surface area (TPSA) is 476 Å². The van der Waals surface area contributed by atoms with Crippen LogP contribution in [0, 0.1) is 0 Å². The van der Waals surface area contributed by atoms with Crippen LogP contribution in [0.1, 0.15) is 66.6 Å². The van der Waals surface area contributed by atoms with E-state index in [4.69, 9.17) is 10.2 Å². The van der Waals surface area contributed by atoms with Crippen molar-refractivity contribution >= 4 is 77.0 Å². The molecule has 31 heteroatoms. The summed E-state index contributed by atoms with van der Waals surface area (Å²) in [7, 11) is 0. The third-order valence-corrected chi connectivity index (χ3v) is 10.3. The number of rotatable bonds is 30. The number of carbonyl (C=O) groups excluding carboxylic acids is 9. The minimum absolute atomic E-state index is 0.0246. The van der Waals surface area contributed by atoms with Gasteiger partial charge >= 0.3 is 23.9 Å². The van der Waals surface area contributed by atoms with Gasteiger partial charge in [-0.1, -0.05) is 18.2 Å². The molecule has 0 unspecified atom stereocenters. The number of amides is 9. The number of carboxylic acid groups (broad SMARTS) is 4. The Kier molecular flexibility index (Phi) is 23.2. The van der Waals surface area contributed by atoms with E-state index in [1.54, 1.807) is 30.3 Å². The SMILES string of the molecule is CC(=O)NCC(=O)N[C@@H](CC(=O)O)C(=O)NCC(=O)NCc1nccc(-c2cccc(-c3ccnc(CNC(=O)CCC(=O)NCC(=O)N[C@@H](CC(=O)O)C(=O)N[C@@H](CC(=O)O)C(=O)NCc4ccc(C(=O)O)cc4)n3)n2)n1. The van der Waals surface area contributed by atoms with Crippen LogP contribution < -0.4 is 47.9 Å². The molecule has 13 N–H and O–H groups in total. The minimum atomic E-state index is -1.82. The first kappa shape index (κ1) is 60.2. The molecule has 4 aromatic rings. The second-order valence-corrected chi connectivity index (χ2v) is 16.4. The number of aromatic nitrogens is 5. The molecule has 0 bridgehead atoms. The van der Waals surface area contributed by atoms with E-state index in [0.717, 1.165) is 6.92 Å². The van der Waals surface area contributed by atoms with Crippen LogP contribution in [-0.2, 0) is 77.2 Å². The lowest BCUT2D eigenvalue weighted by Gasteiger charge is -2.21. The summed E-state index contributed by atoms with van der Waals surface area (Å²) in [5.41, 5.74) is 1.86. The highest BCUT2D eigenvalue weighted by molar-refractivity contribution is 5.97. The summed E-state index contributed by atoms with van der Waals surface area (Å²) in [5, 5.41) is 57.5. The van der Waals surface area contributed by atoms with Crippen molar-refractivity contribution in [2.75, 3.05) is 19.6 Å². The van der Waals surface area contributed by atoms with E-state index in [2.05, 4.69) is 72.8 Å². The second kappa shape index (κ2) is 30.1. The van der Waals surface area contributed by atoms with Gasteiger partial charge in [-0.25, -0.2) is 29.7 Å². The van der Waals surface area contributed by atoms with Gasteiger partial charge in [0.2, 0.25) is 53.2 Å². The molecule has 0 aliphatic rings. The highest BCUT2D eigenvalue weighted by Crippen LogP contribution is 2.20. The molecule has 31 nitrogen and oxygen atoms in total. The number of carbonyl (C=O) groups is 13. The van der Waals surface area contributed by atoms with Gasteiger partial charge in [0, 0.05) is 38.7 Å². The van der Waals surface area contributed by atoms with Gasteiger partial charge in [-0.05, 0) is 42.0 Å². The molecule has 78 heavy (non-hydrogen) atoms. The Bertz CT molecular complexity index is 2920. The molecule has 0 spiro atoms. The molecular weight excluding hydrogens is 1030 g/mol. The lowest BCUT2D eigenvalue weighted by molar-refractivity contribution is -0.143. The number of carboxylic acids is 4. The van der Waals surface area contributed by atoms with Gasteiger partial charge in [-0.2, -0.15) is 0 Å². The zero-order valence-corrected chi connectivity index (χ0v) is 41.2. The highest BCUT2D eigenvalue weighted by Gasteiger charge is 2.30. The number of hydrogen-bond acceptors (Lipinski definition) is 18. The zero-order valence-electron chi connectivity index (χ0n) is 41.2. The van der Waals surface area contributed by atoms with Crippen LogP contribution in [0.15, 0.2) is 67.0 Å². The maximum Gasteiger partial charge on any atom is 0.335 e. The summed E-state index contributed by atoms with van der Waals surface area (Å²) < 4.78 is 0. The van der Waals surface area contributed by atoms with Crippen molar-refractivity contribution in [2.45, 2.75) is 76.8 Å². The number of hydrogen-bond donors (Lipinski definition) is 13. The first-order valence-corrected chi connectivity index (χ1v) is 23.1. The largest absolute Gasteiger partial charge is 0.481 e. The van der Waals surface area contributed by atoms with Crippen molar-refractivity contribution in [1.29, 1.82) is 0 Å². The van der Waals surface area contributed by atoms with E-state index in [9.17, 15) is 72.5 Å². The number of benzene rings is 1. The summed E-state index contributed by atoms with van der Waals surface area (Å²) in [5.74, 6) is -13.0. The first-order valence-electron chi connectivity index (χ1n) is 23.1. The van der Waals surface area contributed by atoms with Crippen LogP contribution in [0.4, 0.5) is 0 Å². The molecule has 0 saturated carbocycles. The first-order chi connectivity index (χ1) is 37.0. The summed E-state index contributed by atoms with van der Waals surface area (Å²) in [6, 6.07) is 8.34. The van der Waals surface area contributed by atoms with E-state index in [1.807, 2.05) is 0 Å². The maximum absolute atomic E-state index is 13.1. The van der Waals surface area contributed by atoms with Crippen molar-refractivity contribution in [3.8, 4) is 22.8 Å². The highest BCUT2D eigenvalue weighted by atomic mass is 16.4. The van der Waals surface area contributed by atoms with Crippen molar-refractivity contribution in [3.63, 3.8) is 0 Å². The molecule has 1 aromatic carbocycles. The van der Waals surface area contributed by atoms with Crippen molar-refractivity contribution in [3.05, 3.63) is 89.8 Å². The second-order valence-electron chi connectivity index (χ2n) is 16.4. The fraction of sp³-hybridized carbons (Fsp3) is 0.319.